The molecule has 1 aliphatic carbocycles. The molecule has 0 amide bonds. The summed E-state index contributed by atoms with van der Waals surface area (Å²) in [5, 5.41) is 4.78. The molecule has 0 spiro atoms. The Bertz CT molecular complexity index is 815. The van der Waals surface area contributed by atoms with E-state index in [-0.39, 0.29) is 0 Å². The van der Waals surface area contributed by atoms with Gasteiger partial charge in [-0.1, -0.05) is 31.4 Å². The molecule has 0 aliphatic heterocycles. The number of aromatic nitrogens is 3. The van der Waals surface area contributed by atoms with E-state index < -0.39 is 0 Å². The first kappa shape index (κ1) is 14.2. The Morgan fingerprint density at radius 2 is 1.96 bits per heavy atom. The molecule has 1 aliphatic rings. The van der Waals surface area contributed by atoms with Crippen molar-refractivity contribution >= 4 is 16.9 Å². The first-order chi connectivity index (χ1) is 11.3. The molecule has 0 atom stereocenters. The molecule has 1 aromatic carbocycles. The number of nitrogens with zero attached hydrogens (tertiary/aromatic N) is 3. The van der Waals surface area contributed by atoms with Gasteiger partial charge < -0.3 is 9.88 Å². The highest BCUT2D eigenvalue weighted by molar-refractivity contribution is 5.84. The van der Waals surface area contributed by atoms with E-state index in [9.17, 15) is 0 Å². The molecule has 0 saturated heterocycles. The summed E-state index contributed by atoms with van der Waals surface area (Å²) in [4.78, 5) is 9.14. The maximum atomic E-state index is 4.73. The minimum absolute atomic E-state index is 0.516. The predicted octanol–water partition coefficient (Wildman–Crippen LogP) is 4.47. The van der Waals surface area contributed by atoms with Crippen molar-refractivity contribution in [1.82, 2.24) is 14.5 Å². The van der Waals surface area contributed by atoms with E-state index in [2.05, 4.69) is 52.3 Å². The largest absolute Gasteiger partial charge is 0.351 e. The molecule has 1 N–H and O–H groups in total. The average Bonchev–Trinajstić information content (AvgIpc) is 3.02. The lowest BCUT2D eigenvalue weighted by molar-refractivity contribution is 0.461. The van der Waals surface area contributed by atoms with E-state index >= 15 is 0 Å². The summed E-state index contributed by atoms with van der Waals surface area (Å²) in [5.74, 6) is 1.66. The van der Waals surface area contributed by atoms with Gasteiger partial charge in [-0.25, -0.2) is 4.98 Å². The summed E-state index contributed by atoms with van der Waals surface area (Å²) in [6.07, 6.45) is 10.3. The lowest BCUT2D eigenvalue weighted by atomic mass is 9.96. The third-order valence-corrected chi connectivity index (χ3v) is 4.78. The zero-order valence-electron chi connectivity index (χ0n) is 13.5. The second kappa shape index (κ2) is 6.03. The average molecular weight is 306 g/mol. The number of rotatable bonds is 3. The van der Waals surface area contributed by atoms with Crippen molar-refractivity contribution in [2.45, 2.75) is 45.1 Å². The minimum Gasteiger partial charge on any atom is -0.351 e. The molecular formula is C19H22N4. The highest BCUT2D eigenvalue weighted by Crippen LogP contribution is 2.23. The molecule has 0 bridgehead atoms. The molecule has 3 aromatic rings. The Morgan fingerprint density at radius 1 is 1.09 bits per heavy atom. The molecule has 23 heavy (non-hydrogen) atoms. The predicted molar refractivity (Wildman–Crippen MR) is 94.1 cm³/mol. The van der Waals surface area contributed by atoms with Crippen LogP contribution in [0, 0.1) is 6.92 Å². The lowest BCUT2D eigenvalue weighted by Crippen LogP contribution is -2.23. The number of anilines is 1. The van der Waals surface area contributed by atoms with Gasteiger partial charge in [0.15, 0.2) is 0 Å². The Morgan fingerprint density at radius 3 is 2.83 bits per heavy atom. The van der Waals surface area contributed by atoms with Crippen LogP contribution in [0.5, 0.6) is 0 Å². The van der Waals surface area contributed by atoms with Crippen molar-refractivity contribution in [2.24, 2.45) is 0 Å². The van der Waals surface area contributed by atoms with Crippen LogP contribution in [0.1, 0.15) is 37.7 Å². The van der Waals surface area contributed by atoms with Crippen LogP contribution in [0.25, 0.3) is 16.7 Å². The van der Waals surface area contributed by atoms with Gasteiger partial charge in [0.25, 0.3) is 0 Å². The smallest absolute Gasteiger partial charge is 0.224 e. The topological polar surface area (TPSA) is 42.7 Å². The summed E-state index contributed by atoms with van der Waals surface area (Å²) in [6, 6.07) is 11.0. The number of benzene rings is 1. The summed E-state index contributed by atoms with van der Waals surface area (Å²) < 4.78 is 2.13. The summed E-state index contributed by atoms with van der Waals surface area (Å²) >= 11 is 0. The van der Waals surface area contributed by atoms with Gasteiger partial charge in [0.05, 0.1) is 5.52 Å². The van der Waals surface area contributed by atoms with Gasteiger partial charge in [0, 0.05) is 23.8 Å². The Kier molecular flexibility index (Phi) is 3.74. The maximum Gasteiger partial charge on any atom is 0.224 e. The van der Waals surface area contributed by atoms with E-state index in [1.165, 1.54) is 48.6 Å². The molecule has 0 radical (unpaired) electrons. The Balaban J connectivity index is 1.66. The van der Waals surface area contributed by atoms with Gasteiger partial charge in [0.2, 0.25) is 5.95 Å². The molecule has 1 saturated carbocycles. The van der Waals surface area contributed by atoms with E-state index in [0.29, 0.717) is 6.04 Å². The lowest BCUT2D eigenvalue weighted by Gasteiger charge is -2.22. The quantitative estimate of drug-likeness (QED) is 0.776. The van der Waals surface area contributed by atoms with Crippen molar-refractivity contribution in [3.63, 3.8) is 0 Å². The molecule has 4 rings (SSSR count). The van der Waals surface area contributed by atoms with E-state index in [4.69, 9.17) is 4.98 Å². The third kappa shape index (κ3) is 2.81. The van der Waals surface area contributed by atoms with E-state index in [0.717, 1.165) is 11.8 Å². The van der Waals surface area contributed by atoms with Crippen LogP contribution in [0.3, 0.4) is 0 Å². The molecule has 4 nitrogen and oxygen atoms in total. The van der Waals surface area contributed by atoms with Crippen LogP contribution in [0.4, 0.5) is 5.95 Å². The maximum absolute atomic E-state index is 4.73. The van der Waals surface area contributed by atoms with Crippen molar-refractivity contribution in [2.75, 3.05) is 5.32 Å². The van der Waals surface area contributed by atoms with Crippen LogP contribution in [0.2, 0.25) is 0 Å². The van der Waals surface area contributed by atoms with Gasteiger partial charge in [-0.2, -0.15) is 4.98 Å². The molecule has 118 valence electrons. The highest BCUT2D eigenvalue weighted by atomic mass is 15.2. The SMILES string of the molecule is Cc1cccc2c1ccn2-c1ccnc(NC2CCCCC2)n1. The van der Waals surface area contributed by atoms with Crippen LogP contribution in [-0.4, -0.2) is 20.6 Å². The Labute approximate surface area is 136 Å². The molecule has 1 fully saturated rings. The fourth-order valence-electron chi connectivity index (χ4n) is 3.50. The van der Waals surface area contributed by atoms with Gasteiger partial charge >= 0.3 is 0 Å². The molecule has 4 heteroatoms. The van der Waals surface area contributed by atoms with Gasteiger partial charge in [0.1, 0.15) is 5.82 Å². The van der Waals surface area contributed by atoms with E-state index in [1.54, 1.807) is 0 Å². The Hall–Kier alpha value is -2.36. The van der Waals surface area contributed by atoms with Crippen LogP contribution in [-0.2, 0) is 0 Å². The zero-order chi connectivity index (χ0) is 15.6. The van der Waals surface area contributed by atoms with Gasteiger partial charge in [-0.3, -0.25) is 0 Å². The highest BCUT2D eigenvalue weighted by Gasteiger charge is 2.14. The normalized spacial score (nSPS) is 15.9. The summed E-state index contributed by atoms with van der Waals surface area (Å²) in [7, 11) is 0. The zero-order valence-corrected chi connectivity index (χ0v) is 13.5. The van der Waals surface area contributed by atoms with Crippen molar-refractivity contribution in [3.8, 4) is 5.82 Å². The van der Waals surface area contributed by atoms with Crippen molar-refractivity contribution in [1.29, 1.82) is 0 Å². The van der Waals surface area contributed by atoms with Crippen LogP contribution < -0.4 is 5.32 Å². The van der Waals surface area contributed by atoms with Gasteiger partial charge in [-0.15, -0.1) is 0 Å². The number of nitrogens with one attached hydrogen (secondary N) is 1. The molecule has 0 unspecified atom stereocenters. The second-order valence-electron chi connectivity index (χ2n) is 6.41. The third-order valence-electron chi connectivity index (χ3n) is 4.78. The first-order valence-corrected chi connectivity index (χ1v) is 8.48. The number of hydrogen-bond acceptors (Lipinski definition) is 3. The number of hydrogen-bond donors (Lipinski definition) is 1. The monoisotopic (exact) mass is 306 g/mol. The van der Waals surface area contributed by atoms with Crippen molar-refractivity contribution < 1.29 is 0 Å². The van der Waals surface area contributed by atoms with Gasteiger partial charge in [-0.05, 0) is 43.5 Å². The van der Waals surface area contributed by atoms with Crippen LogP contribution >= 0.6 is 0 Å². The first-order valence-electron chi connectivity index (χ1n) is 8.48. The minimum atomic E-state index is 0.516. The summed E-state index contributed by atoms with van der Waals surface area (Å²) in [5.41, 5.74) is 2.48. The second-order valence-corrected chi connectivity index (χ2v) is 6.41. The van der Waals surface area contributed by atoms with Crippen LogP contribution in [0.15, 0.2) is 42.7 Å². The molecule has 2 aromatic heterocycles. The molecule has 2 heterocycles. The standard InChI is InChI=1S/C19H22N4/c1-14-6-5-9-17-16(14)11-13-23(17)18-10-12-20-19(22-18)21-15-7-3-2-4-8-15/h5-6,9-13,15H,2-4,7-8H2,1H3,(H,20,21,22). The number of aryl methyl sites for hydroxylation is 1. The molecular weight excluding hydrogens is 284 g/mol. The fourth-order valence-corrected chi connectivity index (χ4v) is 3.50. The van der Waals surface area contributed by atoms with Crippen molar-refractivity contribution in [3.05, 3.63) is 48.3 Å². The number of fused-ring (bicyclic) bond motifs is 1. The fraction of sp³-hybridized carbons (Fsp3) is 0.368. The summed E-state index contributed by atoms with van der Waals surface area (Å²) in [6.45, 7) is 2.14. The van der Waals surface area contributed by atoms with E-state index in [1.807, 2.05) is 12.3 Å².